The van der Waals surface area contributed by atoms with Gasteiger partial charge in [-0.05, 0) is 80.5 Å². The summed E-state index contributed by atoms with van der Waals surface area (Å²) in [5.74, 6) is 2.29. The number of fused-ring (bicyclic) bond motifs is 2. The molecule has 0 radical (unpaired) electrons. The number of primary amides is 1. The lowest BCUT2D eigenvalue weighted by molar-refractivity contribution is -0.149. The monoisotopic (exact) mass is 640 g/mol. The number of benzene rings is 1. The van der Waals surface area contributed by atoms with Crippen LogP contribution in [0.4, 0.5) is 0 Å². The molecule has 1 aliphatic heterocycles. The molecule has 2 N–H and O–H groups in total. The smallest absolute Gasteiger partial charge is 0.309 e. The number of methoxy groups -OCH3 is 2. The van der Waals surface area contributed by atoms with Crippen LogP contribution < -0.4 is 15.2 Å². The Morgan fingerprint density at radius 3 is 2.50 bits per heavy atom. The second-order valence-electron chi connectivity index (χ2n) is 11.9. The number of carbonyl (C=O) groups is 3. The zero-order valence-corrected chi connectivity index (χ0v) is 27.1. The molecule has 3 aliphatic rings. The van der Waals surface area contributed by atoms with Gasteiger partial charge in [-0.3, -0.25) is 19.3 Å². The van der Waals surface area contributed by atoms with Crippen molar-refractivity contribution in [3.8, 4) is 22.8 Å². The molecule has 236 valence electrons. The first-order valence-corrected chi connectivity index (χ1v) is 16.5. The number of aryl methyl sites for hydroxylation is 1. The van der Waals surface area contributed by atoms with Gasteiger partial charge in [0, 0.05) is 30.2 Å². The molecule has 5 rings (SSSR count). The van der Waals surface area contributed by atoms with Crippen LogP contribution in [0.15, 0.2) is 33.6 Å². The molecule has 9 nitrogen and oxygen atoms in total. The van der Waals surface area contributed by atoms with Gasteiger partial charge in [-0.25, -0.2) is 0 Å². The normalized spacial score (nSPS) is 22.6. The molecule has 4 atom stereocenters. The number of thioether (sulfide) groups is 1. The van der Waals surface area contributed by atoms with Crippen molar-refractivity contribution in [1.29, 1.82) is 0 Å². The highest BCUT2D eigenvalue weighted by Gasteiger charge is 2.48. The van der Waals surface area contributed by atoms with E-state index >= 15 is 0 Å². The average molecular weight is 641 g/mol. The van der Waals surface area contributed by atoms with E-state index in [1.54, 1.807) is 27.2 Å². The summed E-state index contributed by atoms with van der Waals surface area (Å²) in [6, 6.07) is 7.78. The van der Waals surface area contributed by atoms with E-state index in [2.05, 4.69) is 0 Å². The summed E-state index contributed by atoms with van der Waals surface area (Å²) in [7, 11) is 3.21. The number of rotatable bonds is 14. The van der Waals surface area contributed by atoms with Crippen molar-refractivity contribution in [3.05, 3.63) is 40.5 Å². The van der Waals surface area contributed by atoms with Crippen molar-refractivity contribution in [2.24, 2.45) is 23.5 Å². The number of thiocarbonyl (C=S) groups is 1. The summed E-state index contributed by atoms with van der Waals surface area (Å²) in [5, 5.41) is 0. The van der Waals surface area contributed by atoms with Gasteiger partial charge in [-0.15, -0.1) is 0 Å². The molecule has 2 aromatic rings. The molecule has 44 heavy (non-hydrogen) atoms. The summed E-state index contributed by atoms with van der Waals surface area (Å²) in [4.78, 5) is 39.2. The number of hydrogen-bond acceptors (Lipinski definition) is 9. The van der Waals surface area contributed by atoms with Gasteiger partial charge in [0.2, 0.25) is 5.91 Å². The van der Waals surface area contributed by atoms with Crippen LogP contribution in [0.5, 0.6) is 11.5 Å². The minimum absolute atomic E-state index is 0.0237. The van der Waals surface area contributed by atoms with Gasteiger partial charge >= 0.3 is 5.97 Å². The fourth-order valence-electron chi connectivity index (χ4n) is 6.56. The van der Waals surface area contributed by atoms with Crippen LogP contribution >= 0.6 is 24.0 Å². The van der Waals surface area contributed by atoms with E-state index in [0.29, 0.717) is 56.9 Å². The molecule has 2 aliphatic carbocycles. The Labute approximate surface area is 267 Å². The van der Waals surface area contributed by atoms with E-state index in [1.807, 2.05) is 29.2 Å². The van der Waals surface area contributed by atoms with Crippen molar-refractivity contribution in [3.63, 3.8) is 0 Å². The third-order valence-corrected chi connectivity index (χ3v) is 10.2. The molecule has 2 heterocycles. The summed E-state index contributed by atoms with van der Waals surface area (Å²) in [5.41, 5.74) is 6.95. The Morgan fingerprint density at radius 2 is 1.86 bits per heavy atom. The number of amides is 2. The van der Waals surface area contributed by atoms with Gasteiger partial charge in [-0.1, -0.05) is 37.3 Å². The molecule has 3 unspecified atom stereocenters. The Kier molecular flexibility index (Phi) is 10.4. The van der Waals surface area contributed by atoms with E-state index in [9.17, 15) is 14.4 Å². The maximum absolute atomic E-state index is 13.6. The Bertz CT molecular complexity index is 1430. The molecule has 0 spiro atoms. The van der Waals surface area contributed by atoms with Crippen LogP contribution in [0, 0.1) is 17.8 Å². The Hall–Kier alpha value is -3.31. The first-order valence-electron chi connectivity index (χ1n) is 15.2. The molecule has 1 aromatic carbocycles. The van der Waals surface area contributed by atoms with Crippen LogP contribution in [0.2, 0.25) is 0 Å². The zero-order chi connectivity index (χ0) is 31.4. The number of ether oxygens (including phenoxy) is 3. The molecule has 2 amide bonds. The summed E-state index contributed by atoms with van der Waals surface area (Å²) in [6.07, 6.45) is 9.51. The Morgan fingerprint density at radius 1 is 1.11 bits per heavy atom. The van der Waals surface area contributed by atoms with Gasteiger partial charge in [-0.2, -0.15) is 0 Å². The molecular weight excluding hydrogens is 601 g/mol. The van der Waals surface area contributed by atoms with Crippen molar-refractivity contribution < 1.29 is 33.0 Å². The maximum Gasteiger partial charge on any atom is 0.309 e. The zero-order valence-electron chi connectivity index (χ0n) is 25.5. The van der Waals surface area contributed by atoms with E-state index in [1.165, 1.54) is 31.0 Å². The summed E-state index contributed by atoms with van der Waals surface area (Å²) in [6.45, 7) is 1.91. The maximum atomic E-state index is 13.6. The molecule has 3 fully saturated rings. The van der Waals surface area contributed by atoms with Gasteiger partial charge in [0.15, 0.2) is 0 Å². The van der Waals surface area contributed by atoms with Crippen LogP contribution in [0.1, 0.15) is 69.6 Å². The number of carbonyl (C=O) groups excluding carboxylic acids is 3. The number of unbranched alkanes of at least 4 members (excludes halogenated alkanes) is 2. The Balaban J connectivity index is 1.30. The first-order chi connectivity index (χ1) is 21.2. The van der Waals surface area contributed by atoms with Crippen molar-refractivity contribution in [1.82, 2.24) is 4.90 Å². The van der Waals surface area contributed by atoms with Crippen LogP contribution in [0.25, 0.3) is 17.4 Å². The second kappa shape index (κ2) is 14.2. The number of furan rings is 1. The van der Waals surface area contributed by atoms with Crippen LogP contribution in [-0.2, 0) is 25.5 Å². The van der Waals surface area contributed by atoms with Gasteiger partial charge in [0.25, 0.3) is 5.91 Å². The predicted octanol–water partition coefficient (Wildman–Crippen LogP) is 6.12. The first kappa shape index (κ1) is 32.1. The molecule has 1 aromatic heterocycles. The third kappa shape index (κ3) is 7.31. The highest BCUT2D eigenvalue weighted by atomic mass is 32.2. The minimum Gasteiger partial charge on any atom is -0.497 e. The van der Waals surface area contributed by atoms with E-state index in [-0.39, 0.29) is 25.0 Å². The topological polar surface area (TPSA) is 121 Å². The van der Waals surface area contributed by atoms with Gasteiger partial charge in [0.05, 0.1) is 31.6 Å². The number of esters is 1. The fourth-order valence-corrected chi connectivity index (χ4v) is 7.90. The van der Waals surface area contributed by atoms with Crippen LogP contribution in [-0.4, -0.2) is 53.9 Å². The van der Waals surface area contributed by atoms with E-state index < -0.39 is 17.8 Å². The lowest BCUT2D eigenvalue weighted by atomic mass is 9.94. The number of nitrogens with zero attached hydrogens (tertiary/aromatic N) is 1. The highest BCUT2D eigenvalue weighted by molar-refractivity contribution is 8.26. The standard InChI is InChI=1S/C33H40N2O7S2/c1-19(11-30(34)36)32(38)41-10-6-4-5-7-22-16-27(23-14-24(39-2)17-25(15-23)40-3)42-28(22)18-29-31(37)35(33(43)44-29)26-13-20-8-9-21(26)12-20/h14-21,26H,4-13H2,1-3H3,(H2,34,36)/b29-18-/t19-,20?,21?,26?/m0/s1. The van der Waals surface area contributed by atoms with Gasteiger partial charge < -0.3 is 24.4 Å². The summed E-state index contributed by atoms with van der Waals surface area (Å²) >= 11 is 7.06. The molecule has 11 heteroatoms. The SMILES string of the molecule is COc1cc(OC)cc(-c2cc(CCCCCOC(=O)[C@@H](C)CC(N)=O)c(/C=C3\SC(=S)N(C4CC5CCC4C5)C3=O)o2)c1. The number of hydrogen-bond donors (Lipinski definition) is 1. The quantitative estimate of drug-likeness (QED) is 0.113. The lowest BCUT2D eigenvalue weighted by Gasteiger charge is -2.30. The largest absolute Gasteiger partial charge is 0.497 e. The predicted molar refractivity (Wildman–Crippen MR) is 173 cm³/mol. The molecule has 2 saturated carbocycles. The average Bonchev–Trinajstić information content (AvgIpc) is 3.78. The summed E-state index contributed by atoms with van der Waals surface area (Å²) < 4.78 is 23.3. The molecular formula is C33H40N2O7S2. The lowest BCUT2D eigenvalue weighted by Crippen LogP contribution is -2.41. The highest BCUT2D eigenvalue weighted by Crippen LogP contribution is 2.49. The minimum atomic E-state index is -0.550. The van der Waals surface area contributed by atoms with Crippen LogP contribution in [0.3, 0.4) is 0 Å². The molecule has 2 bridgehead atoms. The van der Waals surface area contributed by atoms with Crippen molar-refractivity contribution in [2.75, 3.05) is 20.8 Å². The van der Waals surface area contributed by atoms with E-state index in [0.717, 1.165) is 30.4 Å². The van der Waals surface area contributed by atoms with E-state index in [4.69, 9.17) is 36.6 Å². The van der Waals surface area contributed by atoms with Crippen molar-refractivity contribution in [2.45, 2.75) is 70.8 Å². The molecule has 1 saturated heterocycles. The second-order valence-corrected chi connectivity index (χ2v) is 13.6. The third-order valence-electron chi connectivity index (χ3n) is 8.84. The fraction of sp³-hybridized carbons (Fsp3) is 0.515. The number of nitrogens with two attached hydrogens (primary N) is 1. The van der Waals surface area contributed by atoms with Gasteiger partial charge in [0.1, 0.15) is 27.3 Å². The van der Waals surface area contributed by atoms with Crippen molar-refractivity contribution >= 4 is 52.2 Å².